The normalized spacial score (nSPS) is 24.8. The van der Waals surface area contributed by atoms with Gasteiger partial charge in [-0.05, 0) is 93.3 Å². The summed E-state index contributed by atoms with van der Waals surface area (Å²) >= 11 is 7.08. The van der Waals surface area contributed by atoms with Gasteiger partial charge in [-0.2, -0.15) is 13.2 Å². The first kappa shape index (κ1) is 27.5. The van der Waals surface area contributed by atoms with Crippen LogP contribution in [-0.4, -0.2) is 69.8 Å². The van der Waals surface area contributed by atoms with E-state index in [0.717, 1.165) is 59.0 Å². The number of nitrogens with zero attached hydrogens (tertiary/aromatic N) is 5. The number of anilines is 3. The monoisotopic (exact) mass is 578 g/mol. The van der Waals surface area contributed by atoms with Crippen molar-refractivity contribution in [2.45, 2.75) is 63.0 Å². The Hall–Kier alpha value is -2.66. The minimum atomic E-state index is -5.08. The third-order valence-electron chi connectivity index (χ3n) is 8.65. The standard InChI is InChI=1S/C26H33ClN6.C2HF3O2/c27-25-21(17-5-7-32(8-6-17)13-16-1-2-16)10-23(31-26(25)33-14-19-9-20(19)15-33)30-24-12-28-22(11-29-24)18-3-4-18;3-2(4,5)1(6)7/h10-12,16-20H,1-9,13-15H2,(H,29,30,31);(H,6,7). The summed E-state index contributed by atoms with van der Waals surface area (Å²) in [6.07, 6.45) is 7.75. The Morgan fingerprint density at radius 1 is 1.00 bits per heavy atom. The topological polar surface area (TPSA) is 94.5 Å². The Morgan fingerprint density at radius 2 is 1.68 bits per heavy atom. The van der Waals surface area contributed by atoms with Gasteiger partial charge in [0.15, 0.2) is 0 Å². The quantitative estimate of drug-likeness (QED) is 0.424. The second kappa shape index (κ2) is 11.0. The predicted octanol–water partition coefficient (Wildman–Crippen LogP) is 5.82. The molecule has 216 valence electrons. The van der Waals surface area contributed by atoms with Crippen molar-refractivity contribution in [2.75, 3.05) is 42.9 Å². The molecule has 2 saturated heterocycles. The van der Waals surface area contributed by atoms with Gasteiger partial charge in [0.1, 0.15) is 17.5 Å². The van der Waals surface area contributed by atoms with E-state index in [-0.39, 0.29) is 0 Å². The van der Waals surface area contributed by atoms with Crippen molar-refractivity contribution in [1.82, 2.24) is 19.9 Å². The maximum atomic E-state index is 10.6. The number of rotatable bonds is 7. The number of nitrogens with one attached hydrogen (secondary N) is 1. The van der Waals surface area contributed by atoms with Gasteiger partial charge in [-0.1, -0.05) is 11.6 Å². The third kappa shape index (κ3) is 6.62. The number of fused-ring (bicyclic) bond motifs is 1. The third-order valence-corrected chi connectivity index (χ3v) is 9.04. The molecule has 3 saturated carbocycles. The molecule has 0 aromatic carbocycles. The molecule has 12 heteroatoms. The summed E-state index contributed by atoms with van der Waals surface area (Å²) in [4.78, 5) is 28.2. The largest absolute Gasteiger partial charge is 0.490 e. The zero-order valence-corrected chi connectivity index (χ0v) is 23.0. The smallest absolute Gasteiger partial charge is 0.475 e. The molecular formula is C28H34ClF3N6O2. The number of aromatic nitrogens is 3. The number of aliphatic carboxylic acids is 1. The van der Waals surface area contributed by atoms with Crippen LogP contribution < -0.4 is 10.2 Å². The fourth-order valence-electron chi connectivity index (χ4n) is 5.89. The molecule has 0 bridgehead atoms. The molecule has 0 amide bonds. The molecule has 2 aromatic heterocycles. The molecule has 2 unspecified atom stereocenters. The summed E-state index contributed by atoms with van der Waals surface area (Å²) in [6.45, 7) is 5.84. The van der Waals surface area contributed by atoms with Crippen LogP contribution in [0.2, 0.25) is 5.02 Å². The molecule has 5 aliphatic rings. The lowest BCUT2D eigenvalue weighted by atomic mass is 9.89. The minimum Gasteiger partial charge on any atom is -0.475 e. The number of likely N-dealkylation sites (tertiary alicyclic amines) is 1. The Balaban J connectivity index is 0.000000370. The van der Waals surface area contributed by atoms with Crippen molar-refractivity contribution in [3.8, 4) is 0 Å². The van der Waals surface area contributed by atoms with E-state index >= 15 is 0 Å². The predicted molar refractivity (Wildman–Crippen MR) is 145 cm³/mol. The number of halogens is 4. The number of hydrogen-bond donors (Lipinski definition) is 2. The number of hydrogen-bond acceptors (Lipinski definition) is 7. The molecule has 0 radical (unpaired) electrons. The Kier molecular flexibility index (Phi) is 7.54. The van der Waals surface area contributed by atoms with E-state index in [9.17, 15) is 13.2 Å². The van der Waals surface area contributed by atoms with E-state index in [1.54, 1.807) is 0 Å². The average Bonchev–Trinajstić information content (AvgIpc) is 3.82. The highest BCUT2D eigenvalue weighted by Gasteiger charge is 2.46. The summed E-state index contributed by atoms with van der Waals surface area (Å²) in [6, 6.07) is 2.18. The van der Waals surface area contributed by atoms with Gasteiger partial charge in [0.25, 0.3) is 0 Å². The lowest BCUT2D eigenvalue weighted by Crippen LogP contribution is -2.34. The van der Waals surface area contributed by atoms with Crippen molar-refractivity contribution in [3.05, 3.63) is 34.7 Å². The van der Waals surface area contributed by atoms with E-state index in [1.807, 2.05) is 12.4 Å². The van der Waals surface area contributed by atoms with Crippen LogP contribution in [0.15, 0.2) is 18.5 Å². The molecule has 40 heavy (non-hydrogen) atoms. The number of carbonyl (C=O) groups is 1. The number of alkyl halides is 3. The molecule has 2 N–H and O–H groups in total. The fourth-order valence-corrected chi connectivity index (χ4v) is 6.26. The summed E-state index contributed by atoms with van der Waals surface area (Å²) in [5.41, 5.74) is 2.37. The van der Waals surface area contributed by atoms with Gasteiger partial charge < -0.3 is 20.2 Å². The van der Waals surface area contributed by atoms with E-state index < -0.39 is 12.1 Å². The van der Waals surface area contributed by atoms with Crippen molar-refractivity contribution in [2.24, 2.45) is 17.8 Å². The lowest BCUT2D eigenvalue weighted by Gasteiger charge is -2.33. The van der Waals surface area contributed by atoms with Crippen molar-refractivity contribution >= 4 is 35.0 Å². The Labute approximate surface area is 236 Å². The first-order valence-corrected chi connectivity index (χ1v) is 14.6. The van der Waals surface area contributed by atoms with Crippen LogP contribution in [0.5, 0.6) is 0 Å². The molecule has 4 heterocycles. The minimum absolute atomic E-state index is 0.496. The lowest BCUT2D eigenvalue weighted by molar-refractivity contribution is -0.192. The summed E-state index contributed by atoms with van der Waals surface area (Å²) < 4.78 is 31.7. The van der Waals surface area contributed by atoms with Crippen molar-refractivity contribution < 1.29 is 23.1 Å². The van der Waals surface area contributed by atoms with E-state index in [1.165, 1.54) is 70.1 Å². The number of carboxylic acid groups (broad SMARTS) is 1. The SMILES string of the molecule is Clc1c(C2CCN(CC3CC3)CC2)cc(Nc2cnc(C3CC3)cn2)nc1N1CC2CC2C1.O=C(O)C(F)(F)F. The van der Waals surface area contributed by atoms with Crippen LogP contribution in [0.25, 0.3) is 0 Å². The summed E-state index contributed by atoms with van der Waals surface area (Å²) in [5, 5.41) is 11.4. The van der Waals surface area contributed by atoms with Gasteiger partial charge in [0.2, 0.25) is 0 Å². The highest BCUT2D eigenvalue weighted by atomic mass is 35.5. The first-order chi connectivity index (χ1) is 19.1. The van der Waals surface area contributed by atoms with Gasteiger partial charge >= 0.3 is 12.1 Å². The number of piperidine rings is 2. The highest BCUT2D eigenvalue weighted by Crippen LogP contribution is 2.48. The van der Waals surface area contributed by atoms with Gasteiger partial charge in [-0.15, -0.1) is 0 Å². The van der Waals surface area contributed by atoms with Gasteiger partial charge in [-0.25, -0.2) is 14.8 Å². The second-order valence-electron chi connectivity index (χ2n) is 11.9. The van der Waals surface area contributed by atoms with Crippen molar-refractivity contribution in [3.63, 3.8) is 0 Å². The number of carboxylic acids is 1. The first-order valence-electron chi connectivity index (χ1n) is 14.2. The fraction of sp³-hybridized carbons (Fsp3) is 0.643. The van der Waals surface area contributed by atoms with Gasteiger partial charge in [0.05, 0.1) is 23.1 Å². The Bertz CT molecular complexity index is 1220. The average molecular weight is 579 g/mol. The van der Waals surface area contributed by atoms with E-state index in [2.05, 4.69) is 31.2 Å². The summed E-state index contributed by atoms with van der Waals surface area (Å²) in [7, 11) is 0. The maximum absolute atomic E-state index is 10.6. The van der Waals surface area contributed by atoms with Gasteiger partial charge in [-0.3, -0.25) is 4.98 Å². The van der Waals surface area contributed by atoms with Gasteiger partial charge in [0, 0.05) is 25.6 Å². The van der Waals surface area contributed by atoms with Crippen LogP contribution in [0.3, 0.4) is 0 Å². The van der Waals surface area contributed by atoms with Crippen LogP contribution in [0.1, 0.15) is 68.0 Å². The molecule has 7 rings (SSSR count). The molecular weight excluding hydrogens is 545 g/mol. The molecule has 2 aliphatic heterocycles. The molecule has 2 atom stereocenters. The second-order valence-corrected chi connectivity index (χ2v) is 12.3. The molecule has 5 fully saturated rings. The van der Waals surface area contributed by atoms with Crippen LogP contribution in [0.4, 0.5) is 30.6 Å². The summed E-state index contributed by atoms with van der Waals surface area (Å²) in [5.74, 6) is 3.57. The van der Waals surface area contributed by atoms with Crippen molar-refractivity contribution in [1.29, 1.82) is 0 Å². The molecule has 2 aromatic rings. The molecule has 8 nitrogen and oxygen atoms in total. The van der Waals surface area contributed by atoms with E-state index in [4.69, 9.17) is 26.5 Å². The maximum Gasteiger partial charge on any atom is 0.490 e. The van der Waals surface area contributed by atoms with E-state index in [0.29, 0.717) is 11.8 Å². The molecule has 0 spiro atoms. The zero-order chi connectivity index (χ0) is 28.0. The van der Waals surface area contributed by atoms with Crippen LogP contribution >= 0.6 is 11.6 Å². The zero-order valence-electron chi connectivity index (χ0n) is 22.2. The van der Waals surface area contributed by atoms with Crippen LogP contribution in [0, 0.1) is 17.8 Å². The molecule has 3 aliphatic carbocycles. The van der Waals surface area contributed by atoms with Crippen LogP contribution in [-0.2, 0) is 4.79 Å². The number of pyridine rings is 1. The Morgan fingerprint density at radius 3 is 2.23 bits per heavy atom. The highest BCUT2D eigenvalue weighted by molar-refractivity contribution is 6.34.